The van der Waals surface area contributed by atoms with Crippen LogP contribution in [0.5, 0.6) is 5.75 Å². The third-order valence-corrected chi connectivity index (χ3v) is 4.29. The number of nitrogens with zero attached hydrogens (tertiary/aromatic N) is 4. The van der Waals surface area contributed by atoms with Crippen molar-refractivity contribution in [3.05, 3.63) is 41.5 Å². The molecule has 3 rings (SSSR count). The smallest absolute Gasteiger partial charge is 0.317 e. The van der Waals surface area contributed by atoms with Crippen LogP contribution < -0.4 is 5.32 Å². The van der Waals surface area contributed by atoms with Crippen molar-refractivity contribution < 1.29 is 9.90 Å². The predicted octanol–water partition coefficient (Wildman–Crippen LogP) is 2.05. The molecule has 0 fully saturated rings. The molecule has 0 saturated heterocycles. The minimum atomic E-state index is -0.158. The molecule has 0 spiro atoms. The molecule has 7 nitrogen and oxygen atoms in total. The maximum atomic E-state index is 12.3. The maximum absolute atomic E-state index is 12.3. The van der Waals surface area contributed by atoms with E-state index in [0.717, 1.165) is 43.0 Å². The van der Waals surface area contributed by atoms with Gasteiger partial charge in [-0.25, -0.2) is 4.79 Å². The number of carbonyl (C=O) groups is 1. The first-order chi connectivity index (χ1) is 11.6. The molecule has 0 saturated carbocycles. The normalized spacial score (nSPS) is 13.9. The average molecular weight is 329 g/mol. The molecule has 24 heavy (non-hydrogen) atoms. The number of nitrogens with one attached hydrogen (secondary N) is 1. The van der Waals surface area contributed by atoms with Gasteiger partial charge in [-0.05, 0) is 30.5 Å². The number of aryl methyl sites for hydroxylation is 1. The molecule has 0 atom stereocenters. The first-order valence-corrected chi connectivity index (χ1v) is 8.31. The third-order valence-electron chi connectivity index (χ3n) is 4.29. The van der Waals surface area contributed by atoms with Gasteiger partial charge in [0.25, 0.3) is 0 Å². The van der Waals surface area contributed by atoms with Crippen molar-refractivity contribution in [2.45, 2.75) is 45.3 Å². The molecule has 0 unspecified atom stereocenters. The summed E-state index contributed by atoms with van der Waals surface area (Å²) in [6, 6.07) is 6.68. The van der Waals surface area contributed by atoms with Crippen LogP contribution in [0.2, 0.25) is 0 Å². The van der Waals surface area contributed by atoms with Crippen LogP contribution in [0.15, 0.2) is 24.3 Å². The van der Waals surface area contributed by atoms with E-state index < -0.39 is 0 Å². The van der Waals surface area contributed by atoms with Crippen molar-refractivity contribution in [2.75, 3.05) is 7.05 Å². The Bertz CT molecular complexity index is 696. The van der Waals surface area contributed by atoms with Crippen LogP contribution in [0, 0.1) is 0 Å². The summed E-state index contributed by atoms with van der Waals surface area (Å²) in [6.07, 6.45) is 4.46. The van der Waals surface area contributed by atoms with Crippen LogP contribution in [0.25, 0.3) is 0 Å². The van der Waals surface area contributed by atoms with Crippen molar-refractivity contribution in [1.82, 2.24) is 25.0 Å². The molecule has 1 aromatic carbocycles. The Morgan fingerprint density at radius 2 is 2.04 bits per heavy atom. The molecule has 1 aromatic heterocycles. The molecule has 0 aliphatic carbocycles. The molecular weight excluding hydrogens is 306 g/mol. The molecule has 2 N–H and O–H groups in total. The van der Waals surface area contributed by atoms with Gasteiger partial charge in [0.1, 0.15) is 11.6 Å². The summed E-state index contributed by atoms with van der Waals surface area (Å²) < 4.78 is 2.13. The molecule has 2 amide bonds. The molecule has 2 aromatic rings. The Morgan fingerprint density at radius 1 is 1.25 bits per heavy atom. The van der Waals surface area contributed by atoms with Gasteiger partial charge in [0.15, 0.2) is 5.82 Å². The highest BCUT2D eigenvalue weighted by molar-refractivity contribution is 5.73. The number of hydrogen-bond donors (Lipinski definition) is 2. The summed E-state index contributed by atoms with van der Waals surface area (Å²) in [7, 11) is 1.74. The van der Waals surface area contributed by atoms with Crippen LogP contribution in [0.1, 0.15) is 36.5 Å². The molecule has 0 radical (unpaired) electrons. The largest absolute Gasteiger partial charge is 0.508 e. The molecule has 128 valence electrons. The van der Waals surface area contributed by atoms with Gasteiger partial charge < -0.3 is 19.9 Å². The number of benzene rings is 1. The van der Waals surface area contributed by atoms with E-state index >= 15 is 0 Å². The number of aromatic nitrogens is 3. The monoisotopic (exact) mass is 329 g/mol. The zero-order valence-electron chi connectivity index (χ0n) is 13.9. The van der Waals surface area contributed by atoms with Gasteiger partial charge in [0.05, 0.1) is 6.54 Å². The number of urea groups is 1. The highest BCUT2D eigenvalue weighted by Gasteiger charge is 2.16. The van der Waals surface area contributed by atoms with E-state index in [1.807, 2.05) is 0 Å². The summed E-state index contributed by atoms with van der Waals surface area (Å²) in [5.74, 6) is 2.06. The minimum absolute atomic E-state index is 0.158. The van der Waals surface area contributed by atoms with E-state index in [0.29, 0.717) is 13.1 Å². The topological polar surface area (TPSA) is 83.3 Å². The van der Waals surface area contributed by atoms with Crippen molar-refractivity contribution in [1.29, 1.82) is 0 Å². The first kappa shape index (κ1) is 16.3. The predicted molar refractivity (Wildman–Crippen MR) is 89.4 cm³/mol. The van der Waals surface area contributed by atoms with Crippen LogP contribution >= 0.6 is 0 Å². The fraction of sp³-hybridized carbons (Fsp3) is 0.471. The molecule has 0 bridgehead atoms. The second kappa shape index (κ2) is 7.33. The lowest BCUT2D eigenvalue weighted by molar-refractivity contribution is 0.206. The van der Waals surface area contributed by atoms with Crippen LogP contribution in [-0.4, -0.2) is 37.8 Å². The lowest BCUT2D eigenvalue weighted by Gasteiger charge is -2.18. The Balaban J connectivity index is 1.55. The van der Waals surface area contributed by atoms with E-state index in [2.05, 4.69) is 20.1 Å². The zero-order valence-corrected chi connectivity index (χ0v) is 13.9. The zero-order chi connectivity index (χ0) is 16.9. The fourth-order valence-corrected chi connectivity index (χ4v) is 2.91. The van der Waals surface area contributed by atoms with Gasteiger partial charge in [0, 0.05) is 26.6 Å². The number of phenols is 1. The SMILES string of the molecule is CN(Cc1ccc(O)cc1)C(=O)NCc1nnc2n1CCCCC2. The highest BCUT2D eigenvalue weighted by Crippen LogP contribution is 2.14. The Kier molecular flexibility index (Phi) is 4.98. The summed E-state index contributed by atoms with van der Waals surface area (Å²) in [4.78, 5) is 13.9. The Labute approximate surface area is 141 Å². The van der Waals surface area contributed by atoms with Gasteiger partial charge in [-0.15, -0.1) is 10.2 Å². The van der Waals surface area contributed by atoms with E-state index in [1.54, 1.807) is 36.2 Å². The summed E-state index contributed by atoms with van der Waals surface area (Å²) in [6.45, 7) is 1.78. The van der Waals surface area contributed by atoms with Crippen molar-refractivity contribution in [3.8, 4) is 5.75 Å². The van der Waals surface area contributed by atoms with Gasteiger partial charge >= 0.3 is 6.03 Å². The molecule has 1 aliphatic rings. The van der Waals surface area contributed by atoms with Crippen LogP contribution in [0.3, 0.4) is 0 Å². The van der Waals surface area contributed by atoms with Gasteiger partial charge in [-0.3, -0.25) is 0 Å². The summed E-state index contributed by atoms with van der Waals surface area (Å²) in [5.41, 5.74) is 0.960. The number of aromatic hydroxyl groups is 1. The van der Waals surface area contributed by atoms with Crippen molar-refractivity contribution in [2.24, 2.45) is 0 Å². The number of phenolic OH excluding ortho intramolecular Hbond substituents is 1. The van der Waals surface area contributed by atoms with Crippen molar-refractivity contribution in [3.63, 3.8) is 0 Å². The van der Waals surface area contributed by atoms with Gasteiger partial charge in [0.2, 0.25) is 0 Å². The standard InChI is InChI=1S/C17H23N5O2/c1-21(12-13-6-8-14(23)9-7-13)17(24)18-11-16-20-19-15-5-3-2-4-10-22(15)16/h6-9,23H,2-5,10-12H2,1H3,(H,18,24). The number of fused-ring (bicyclic) bond motifs is 1. The lowest BCUT2D eigenvalue weighted by Crippen LogP contribution is -2.37. The third kappa shape index (κ3) is 3.84. The average Bonchev–Trinajstić information content (AvgIpc) is 2.81. The Morgan fingerprint density at radius 3 is 2.83 bits per heavy atom. The first-order valence-electron chi connectivity index (χ1n) is 8.31. The molecule has 1 aliphatic heterocycles. The highest BCUT2D eigenvalue weighted by atomic mass is 16.3. The van der Waals surface area contributed by atoms with Gasteiger partial charge in [-0.1, -0.05) is 18.6 Å². The van der Waals surface area contributed by atoms with Crippen LogP contribution in [0.4, 0.5) is 4.79 Å². The fourth-order valence-electron chi connectivity index (χ4n) is 2.91. The quantitative estimate of drug-likeness (QED) is 0.899. The second-order valence-corrected chi connectivity index (χ2v) is 6.18. The van der Waals surface area contributed by atoms with E-state index in [1.165, 1.54) is 6.42 Å². The van der Waals surface area contributed by atoms with Crippen molar-refractivity contribution >= 4 is 6.03 Å². The van der Waals surface area contributed by atoms with Crippen LogP contribution in [-0.2, 0) is 26.1 Å². The number of amides is 2. The number of rotatable bonds is 4. The molecule has 7 heteroatoms. The lowest BCUT2D eigenvalue weighted by atomic mass is 10.2. The summed E-state index contributed by atoms with van der Waals surface area (Å²) >= 11 is 0. The number of hydrogen-bond acceptors (Lipinski definition) is 4. The second-order valence-electron chi connectivity index (χ2n) is 6.18. The Hall–Kier alpha value is -2.57. The molecule has 2 heterocycles. The van der Waals surface area contributed by atoms with E-state index in [9.17, 15) is 9.90 Å². The van der Waals surface area contributed by atoms with Gasteiger partial charge in [-0.2, -0.15) is 0 Å². The minimum Gasteiger partial charge on any atom is -0.508 e. The number of carbonyl (C=O) groups excluding carboxylic acids is 1. The summed E-state index contributed by atoms with van der Waals surface area (Å²) in [5, 5.41) is 20.7. The molecular formula is C17H23N5O2. The maximum Gasteiger partial charge on any atom is 0.317 e. The van der Waals surface area contributed by atoms with E-state index in [-0.39, 0.29) is 11.8 Å². The van der Waals surface area contributed by atoms with E-state index in [4.69, 9.17) is 0 Å².